The molecule has 0 bridgehead atoms. The van der Waals surface area contributed by atoms with Gasteiger partial charge in [0, 0.05) is 30.5 Å². The number of carbonyl (C=O) groups excluding carboxylic acids is 1. The first-order valence-electron chi connectivity index (χ1n) is 11.8. The Bertz CT molecular complexity index is 1460. The van der Waals surface area contributed by atoms with Gasteiger partial charge in [0.15, 0.2) is 5.69 Å². The number of aryl methyl sites for hydroxylation is 1. The van der Waals surface area contributed by atoms with Gasteiger partial charge in [0.1, 0.15) is 10.6 Å². The summed E-state index contributed by atoms with van der Waals surface area (Å²) in [5.41, 5.74) is 0.788. The van der Waals surface area contributed by atoms with Crippen molar-refractivity contribution < 1.29 is 32.6 Å². The van der Waals surface area contributed by atoms with Gasteiger partial charge < -0.3 is 19.9 Å². The van der Waals surface area contributed by atoms with Gasteiger partial charge in [-0.15, -0.1) is 0 Å². The Labute approximate surface area is 221 Å². The second kappa shape index (κ2) is 11.3. The fraction of sp³-hybridized carbons (Fsp3) is 0.346. The lowest BCUT2D eigenvalue weighted by Gasteiger charge is -2.23. The van der Waals surface area contributed by atoms with E-state index in [0.29, 0.717) is 5.56 Å². The van der Waals surface area contributed by atoms with Crippen LogP contribution >= 0.6 is 0 Å². The van der Waals surface area contributed by atoms with Crippen molar-refractivity contribution in [3.63, 3.8) is 0 Å². The number of carboxylic acids is 1. The van der Waals surface area contributed by atoms with Gasteiger partial charge in [0.05, 0.1) is 12.1 Å². The van der Waals surface area contributed by atoms with Gasteiger partial charge in [-0.2, -0.15) is 5.10 Å². The summed E-state index contributed by atoms with van der Waals surface area (Å²) in [6.07, 6.45) is 0. The molecule has 12 heteroatoms. The predicted octanol–water partition coefficient (Wildman–Crippen LogP) is 3.92. The first-order valence-corrected chi connectivity index (χ1v) is 13.3. The summed E-state index contributed by atoms with van der Waals surface area (Å²) in [5, 5.41) is 16.5. The molecule has 0 fully saturated rings. The zero-order valence-corrected chi connectivity index (χ0v) is 23.0. The van der Waals surface area contributed by atoms with Crippen LogP contribution in [0.2, 0.25) is 0 Å². The number of aromatic carboxylic acids is 1. The van der Waals surface area contributed by atoms with E-state index < -0.39 is 27.4 Å². The number of methoxy groups -OCH3 is 1. The molecule has 0 radical (unpaired) electrons. The van der Waals surface area contributed by atoms with Gasteiger partial charge in [-0.25, -0.2) is 22.6 Å². The largest absolute Gasteiger partial charge is 0.476 e. The third kappa shape index (κ3) is 6.39. The average molecular weight is 545 g/mol. The van der Waals surface area contributed by atoms with Crippen molar-refractivity contribution >= 4 is 27.6 Å². The number of sulfonamides is 1. The van der Waals surface area contributed by atoms with Crippen LogP contribution in [-0.4, -0.2) is 55.4 Å². The maximum Gasteiger partial charge on any atom is 0.356 e. The van der Waals surface area contributed by atoms with E-state index in [4.69, 9.17) is 9.47 Å². The van der Waals surface area contributed by atoms with Crippen LogP contribution in [0.4, 0.5) is 5.69 Å². The molecule has 1 aromatic heterocycles. The molecule has 204 valence electrons. The number of nitrogens with zero attached hydrogens (tertiary/aromatic N) is 2. The summed E-state index contributed by atoms with van der Waals surface area (Å²) in [6.45, 7) is 8.91. The fourth-order valence-corrected chi connectivity index (χ4v) is 4.79. The highest BCUT2D eigenvalue weighted by molar-refractivity contribution is 7.89. The zero-order valence-electron chi connectivity index (χ0n) is 22.2. The molecule has 3 aromatic rings. The second-order valence-electron chi connectivity index (χ2n) is 9.59. The smallest absolute Gasteiger partial charge is 0.356 e. The normalized spacial score (nSPS) is 11.8. The molecule has 0 aliphatic heterocycles. The number of hydrogen-bond donors (Lipinski definition) is 3. The molecular weight excluding hydrogens is 512 g/mol. The minimum atomic E-state index is -4.14. The van der Waals surface area contributed by atoms with E-state index in [2.05, 4.69) is 15.1 Å². The Morgan fingerprint density at radius 2 is 1.79 bits per heavy atom. The van der Waals surface area contributed by atoms with Crippen molar-refractivity contribution in [2.75, 3.05) is 25.6 Å². The quantitative estimate of drug-likeness (QED) is 0.325. The van der Waals surface area contributed by atoms with Crippen LogP contribution < -0.4 is 14.8 Å². The van der Waals surface area contributed by atoms with Crippen molar-refractivity contribution in [2.24, 2.45) is 0 Å². The molecule has 0 spiro atoms. The SMILES string of the molecule is COCCNS(=O)(=O)c1cc(NC(=O)c2ccccc2C)ccc1Oc1c(C)c(C(=O)O)nn1C(C)(C)C. The number of benzene rings is 2. The topological polar surface area (TPSA) is 149 Å². The molecule has 11 nitrogen and oxygen atoms in total. The van der Waals surface area contributed by atoms with Gasteiger partial charge in [-0.05, 0) is 64.4 Å². The molecule has 2 aromatic carbocycles. The molecule has 3 N–H and O–H groups in total. The van der Waals surface area contributed by atoms with Gasteiger partial charge in [0.25, 0.3) is 5.91 Å². The van der Waals surface area contributed by atoms with E-state index in [1.807, 2.05) is 26.8 Å². The highest BCUT2D eigenvalue weighted by atomic mass is 32.2. The number of nitrogens with one attached hydrogen (secondary N) is 2. The monoisotopic (exact) mass is 544 g/mol. The van der Waals surface area contributed by atoms with E-state index in [0.717, 1.165) is 5.56 Å². The lowest BCUT2D eigenvalue weighted by molar-refractivity contribution is 0.0687. The van der Waals surface area contributed by atoms with Crippen LogP contribution in [0.5, 0.6) is 11.6 Å². The highest BCUT2D eigenvalue weighted by Crippen LogP contribution is 2.36. The molecule has 0 saturated carbocycles. The molecule has 0 atom stereocenters. The van der Waals surface area contributed by atoms with Crippen LogP contribution in [0.3, 0.4) is 0 Å². The summed E-state index contributed by atoms with van der Waals surface area (Å²) in [4.78, 5) is 24.3. The maximum absolute atomic E-state index is 13.3. The zero-order chi connectivity index (χ0) is 28.3. The lowest BCUT2D eigenvalue weighted by Crippen LogP contribution is -2.28. The Morgan fingerprint density at radius 1 is 1.11 bits per heavy atom. The molecule has 1 heterocycles. The van der Waals surface area contributed by atoms with E-state index in [1.165, 1.54) is 36.9 Å². The number of hydrogen-bond acceptors (Lipinski definition) is 7. The third-order valence-electron chi connectivity index (χ3n) is 5.59. The van der Waals surface area contributed by atoms with Crippen molar-refractivity contribution in [3.05, 3.63) is 64.8 Å². The maximum atomic E-state index is 13.3. The summed E-state index contributed by atoms with van der Waals surface area (Å²) in [5.74, 6) is -1.63. The first kappa shape index (κ1) is 28.8. The molecule has 0 unspecified atom stereocenters. The molecule has 0 aliphatic carbocycles. The fourth-order valence-electron chi connectivity index (χ4n) is 3.62. The van der Waals surface area contributed by atoms with Crippen LogP contribution in [0.15, 0.2) is 47.4 Å². The second-order valence-corrected chi connectivity index (χ2v) is 11.3. The highest BCUT2D eigenvalue weighted by Gasteiger charge is 2.29. The van der Waals surface area contributed by atoms with Crippen molar-refractivity contribution in [1.29, 1.82) is 0 Å². The summed E-state index contributed by atoms with van der Waals surface area (Å²) < 4.78 is 41.4. The van der Waals surface area contributed by atoms with E-state index >= 15 is 0 Å². The lowest BCUT2D eigenvalue weighted by atomic mass is 10.1. The first-order chi connectivity index (χ1) is 17.8. The number of ether oxygens (including phenoxy) is 2. The minimum absolute atomic E-state index is 0.000182. The Kier molecular flexibility index (Phi) is 8.60. The van der Waals surface area contributed by atoms with E-state index in [1.54, 1.807) is 25.1 Å². The molecule has 0 aliphatic rings. The number of carboxylic acid groups (broad SMARTS) is 1. The Hall–Kier alpha value is -3.74. The minimum Gasteiger partial charge on any atom is -0.476 e. The van der Waals surface area contributed by atoms with Crippen LogP contribution in [0.1, 0.15) is 52.7 Å². The number of rotatable bonds is 10. The number of anilines is 1. The Morgan fingerprint density at radius 3 is 2.39 bits per heavy atom. The van der Waals surface area contributed by atoms with E-state index in [9.17, 15) is 23.1 Å². The molecule has 3 rings (SSSR count). The van der Waals surface area contributed by atoms with Crippen LogP contribution in [0, 0.1) is 13.8 Å². The van der Waals surface area contributed by atoms with Crippen LogP contribution in [-0.2, 0) is 20.3 Å². The van der Waals surface area contributed by atoms with Crippen molar-refractivity contribution in [1.82, 2.24) is 14.5 Å². The van der Waals surface area contributed by atoms with E-state index in [-0.39, 0.29) is 46.6 Å². The average Bonchev–Trinajstić information content (AvgIpc) is 3.17. The summed E-state index contributed by atoms with van der Waals surface area (Å²) in [7, 11) is -2.69. The van der Waals surface area contributed by atoms with Crippen molar-refractivity contribution in [3.8, 4) is 11.6 Å². The molecule has 38 heavy (non-hydrogen) atoms. The predicted molar refractivity (Wildman–Crippen MR) is 142 cm³/mol. The molecular formula is C26H32N4O7S. The van der Waals surface area contributed by atoms with Gasteiger partial charge in [-0.3, -0.25) is 4.79 Å². The standard InChI is InChI=1S/C26H32N4O7S/c1-16-9-7-8-10-19(16)23(31)28-18-11-12-20(21(15-18)38(34,35)27-13-14-36-6)37-24-17(2)22(25(32)33)29-30(24)26(3,4)5/h7-12,15,27H,13-14H2,1-6H3,(H,28,31)(H,32,33). The van der Waals surface area contributed by atoms with Gasteiger partial charge in [-0.1, -0.05) is 18.2 Å². The Balaban J connectivity index is 2.09. The summed E-state index contributed by atoms with van der Waals surface area (Å²) in [6, 6.07) is 11.2. The van der Waals surface area contributed by atoms with Crippen molar-refractivity contribution in [2.45, 2.75) is 45.1 Å². The van der Waals surface area contributed by atoms with Gasteiger partial charge >= 0.3 is 5.97 Å². The number of aromatic nitrogens is 2. The third-order valence-corrected chi connectivity index (χ3v) is 7.07. The molecule has 0 saturated heterocycles. The summed E-state index contributed by atoms with van der Waals surface area (Å²) >= 11 is 0. The van der Waals surface area contributed by atoms with Crippen LogP contribution in [0.25, 0.3) is 0 Å². The van der Waals surface area contributed by atoms with Gasteiger partial charge in [0.2, 0.25) is 15.9 Å². The molecule has 1 amide bonds. The number of carbonyl (C=O) groups is 2. The number of amides is 1.